The Balaban J connectivity index is 1.69. The fraction of sp³-hybridized carbons (Fsp3) is 0.174. The minimum Gasteiger partial charge on any atom is -0.497 e. The fourth-order valence-corrected chi connectivity index (χ4v) is 3.28. The number of fused-ring (bicyclic) bond motifs is 1. The minimum absolute atomic E-state index is 0.773. The van der Waals surface area contributed by atoms with E-state index in [0.29, 0.717) is 0 Å². The van der Waals surface area contributed by atoms with Gasteiger partial charge in [0.15, 0.2) is 0 Å². The molecule has 0 fully saturated rings. The summed E-state index contributed by atoms with van der Waals surface area (Å²) in [7, 11) is 3.37. The quantitative estimate of drug-likeness (QED) is 0.501. The van der Waals surface area contributed by atoms with Gasteiger partial charge in [-0.2, -0.15) is 0 Å². The Morgan fingerprint density at radius 1 is 0.741 bits per heavy atom. The molecule has 0 aliphatic rings. The standard InChI is InChI=1S/C23H22N2O2/c1-26-19-11-7-17(8-12-19)15-23-24-21-5-3-4-6-22(21)25(23)16-18-9-13-20(27-2)14-10-18/h3-14H,15-16H2,1-2H3. The molecule has 0 saturated heterocycles. The van der Waals surface area contributed by atoms with Gasteiger partial charge >= 0.3 is 0 Å². The van der Waals surface area contributed by atoms with E-state index < -0.39 is 0 Å². The first kappa shape index (κ1) is 17.2. The number of aromatic nitrogens is 2. The Kier molecular flexibility index (Phi) is 4.79. The molecule has 4 aromatic rings. The third-order valence-electron chi connectivity index (χ3n) is 4.75. The molecule has 3 aromatic carbocycles. The largest absolute Gasteiger partial charge is 0.497 e. The van der Waals surface area contributed by atoms with Gasteiger partial charge in [-0.15, -0.1) is 0 Å². The van der Waals surface area contributed by atoms with Crippen molar-refractivity contribution in [1.29, 1.82) is 0 Å². The number of imidazole rings is 1. The average molecular weight is 358 g/mol. The first-order valence-electron chi connectivity index (χ1n) is 8.97. The molecule has 4 rings (SSSR count). The van der Waals surface area contributed by atoms with Gasteiger partial charge in [-0.25, -0.2) is 4.98 Å². The summed E-state index contributed by atoms with van der Waals surface area (Å²) in [4.78, 5) is 4.89. The van der Waals surface area contributed by atoms with Crippen LogP contribution in [0, 0.1) is 0 Å². The molecule has 4 heteroatoms. The molecule has 0 unspecified atom stereocenters. The van der Waals surface area contributed by atoms with E-state index >= 15 is 0 Å². The first-order chi connectivity index (χ1) is 13.3. The maximum absolute atomic E-state index is 5.27. The normalized spacial score (nSPS) is 10.9. The third kappa shape index (κ3) is 3.65. The summed E-state index contributed by atoms with van der Waals surface area (Å²) in [6.45, 7) is 0.774. The van der Waals surface area contributed by atoms with E-state index in [-0.39, 0.29) is 0 Å². The van der Waals surface area contributed by atoms with Gasteiger partial charge in [0.05, 0.1) is 25.3 Å². The summed E-state index contributed by atoms with van der Waals surface area (Å²) in [5, 5.41) is 0. The lowest BCUT2D eigenvalue weighted by Gasteiger charge is -2.11. The van der Waals surface area contributed by atoms with E-state index in [9.17, 15) is 0 Å². The zero-order valence-electron chi connectivity index (χ0n) is 15.6. The highest BCUT2D eigenvalue weighted by molar-refractivity contribution is 5.76. The molecule has 0 saturated carbocycles. The van der Waals surface area contributed by atoms with Gasteiger partial charge in [0.2, 0.25) is 0 Å². The van der Waals surface area contributed by atoms with E-state index in [4.69, 9.17) is 14.5 Å². The van der Waals surface area contributed by atoms with Crippen LogP contribution < -0.4 is 9.47 Å². The molecule has 1 heterocycles. The number of hydrogen-bond donors (Lipinski definition) is 0. The second-order valence-electron chi connectivity index (χ2n) is 6.48. The number of rotatable bonds is 6. The lowest BCUT2D eigenvalue weighted by atomic mass is 10.1. The lowest BCUT2D eigenvalue weighted by Crippen LogP contribution is -2.06. The number of para-hydroxylation sites is 2. The van der Waals surface area contributed by atoms with Crippen LogP contribution in [-0.4, -0.2) is 23.8 Å². The second kappa shape index (κ2) is 7.54. The number of benzene rings is 3. The highest BCUT2D eigenvalue weighted by atomic mass is 16.5. The molecule has 0 spiro atoms. The summed E-state index contributed by atoms with van der Waals surface area (Å²) in [6.07, 6.45) is 0.773. The van der Waals surface area contributed by atoms with Crippen LogP contribution in [0.4, 0.5) is 0 Å². The summed E-state index contributed by atoms with van der Waals surface area (Å²) in [6, 6.07) is 24.7. The van der Waals surface area contributed by atoms with Gasteiger partial charge in [-0.1, -0.05) is 36.4 Å². The van der Waals surface area contributed by atoms with Crippen LogP contribution in [0.1, 0.15) is 17.0 Å². The average Bonchev–Trinajstić information content (AvgIpc) is 3.06. The predicted octanol–water partition coefficient (Wildman–Crippen LogP) is 4.69. The van der Waals surface area contributed by atoms with Gasteiger partial charge in [0.25, 0.3) is 0 Å². The van der Waals surface area contributed by atoms with Gasteiger partial charge < -0.3 is 14.0 Å². The molecule has 0 bridgehead atoms. The predicted molar refractivity (Wildman–Crippen MR) is 108 cm³/mol. The van der Waals surface area contributed by atoms with Crippen molar-refractivity contribution < 1.29 is 9.47 Å². The molecule has 0 aliphatic heterocycles. The summed E-state index contributed by atoms with van der Waals surface area (Å²) in [5.41, 5.74) is 4.60. The van der Waals surface area contributed by atoms with E-state index in [2.05, 4.69) is 47.0 Å². The monoisotopic (exact) mass is 358 g/mol. The van der Waals surface area contributed by atoms with Crippen molar-refractivity contribution in [1.82, 2.24) is 9.55 Å². The van der Waals surface area contributed by atoms with Crippen LogP contribution in [0.25, 0.3) is 11.0 Å². The maximum Gasteiger partial charge on any atom is 0.118 e. The molecular weight excluding hydrogens is 336 g/mol. The molecule has 4 nitrogen and oxygen atoms in total. The Morgan fingerprint density at radius 2 is 1.33 bits per heavy atom. The van der Waals surface area contributed by atoms with Crippen molar-refractivity contribution >= 4 is 11.0 Å². The van der Waals surface area contributed by atoms with Gasteiger partial charge in [0.1, 0.15) is 17.3 Å². The Morgan fingerprint density at radius 3 is 1.96 bits per heavy atom. The van der Waals surface area contributed by atoms with Crippen LogP contribution >= 0.6 is 0 Å². The van der Waals surface area contributed by atoms with Crippen LogP contribution in [0.5, 0.6) is 11.5 Å². The zero-order valence-corrected chi connectivity index (χ0v) is 15.6. The van der Waals surface area contributed by atoms with Crippen LogP contribution in [0.15, 0.2) is 72.8 Å². The van der Waals surface area contributed by atoms with Gasteiger partial charge in [-0.05, 0) is 47.5 Å². The van der Waals surface area contributed by atoms with Gasteiger partial charge in [-0.3, -0.25) is 0 Å². The molecule has 0 radical (unpaired) electrons. The van der Waals surface area contributed by atoms with Crippen molar-refractivity contribution in [2.75, 3.05) is 14.2 Å². The summed E-state index contributed by atoms with van der Waals surface area (Å²) in [5.74, 6) is 2.79. The van der Waals surface area contributed by atoms with Gasteiger partial charge in [0, 0.05) is 13.0 Å². The Bertz CT molecular complexity index is 1030. The van der Waals surface area contributed by atoms with E-state index in [1.165, 1.54) is 11.1 Å². The van der Waals surface area contributed by atoms with Crippen molar-refractivity contribution in [3.8, 4) is 11.5 Å². The van der Waals surface area contributed by atoms with Crippen molar-refractivity contribution in [2.45, 2.75) is 13.0 Å². The third-order valence-corrected chi connectivity index (χ3v) is 4.75. The highest BCUT2D eigenvalue weighted by Crippen LogP contribution is 2.22. The molecule has 0 N–H and O–H groups in total. The molecular formula is C23H22N2O2. The van der Waals surface area contributed by atoms with E-state index in [0.717, 1.165) is 41.3 Å². The van der Waals surface area contributed by atoms with Crippen molar-refractivity contribution in [3.63, 3.8) is 0 Å². The van der Waals surface area contributed by atoms with Crippen molar-refractivity contribution in [3.05, 3.63) is 89.7 Å². The second-order valence-corrected chi connectivity index (χ2v) is 6.48. The maximum atomic E-state index is 5.27. The minimum atomic E-state index is 0.773. The van der Waals surface area contributed by atoms with Crippen LogP contribution in [0.2, 0.25) is 0 Å². The molecule has 27 heavy (non-hydrogen) atoms. The fourth-order valence-electron chi connectivity index (χ4n) is 3.28. The number of ether oxygens (including phenoxy) is 2. The Hall–Kier alpha value is -3.27. The van der Waals surface area contributed by atoms with Crippen LogP contribution in [0.3, 0.4) is 0 Å². The number of methoxy groups -OCH3 is 2. The molecule has 0 amide bonds. The SMILES string of the molecule is COc1ccc(Cc2nc3ccccc3n2Cc2ccc(OC)cc2)cc1. The topological polar surface area (TPSA) is 36.3 Å². The van der Waals surface area contributed by atoms with Crippen molar-refractivity contribution in [2.24, 2.45) is 0 Å². The van der Waals surface area contributed by atoms with Crippen LogP contribution in [-0.2, 0) is 13.0 Å². The molecule has 136 valence electrons. The Labute approximate surface area is 159 Å². The lowest BCUT2D eigenvalue weighted by molar-refractivity contribution is 0.414. The molecule has 1 aromatic heterocycles. The summed E-state index contributed by atoms with van der Waals surface area (Å²) < 4.78 is 12.8. The molecule has 0 aliphatic carbocycles. The molecule has 0 atom stereocenters. The zero-order chi connectivity index (χ0) is 18.6. The smallest absolute Gasteiger partial charge is 0.118 e. The number of nitrogens with zero attached hydrogens (tertiary/aromatic N) is 2. The van der Waals surface area contributed by atoms with E-state index in [1.54, 1.807) is 14.2 Å². The highest BCUT2D eigenvalue weighted by Gasteiger charge is 2.12. The first-order valence-corrected chi connectivity index (χ1v) is 8.97. The summed E-state index contributed by atoms with van der Waals surface area (Å²) >= 11 is 0. The number of hydrogen-bond acceptors (Lipinski definition) is 3. The van der Waals surface area contributed by atoms with E-state index in [1.807, 2.05) is 30.3 Å².